The van der Waals surface area contributed by atoms with Crippen LogP contribution in [0.15, 0.2) is 0 Å². The molecular formula is C19H38N2O3. The van der Waals surface area contributed by atoms with Gasteiger partial charge < -0.3 is 15.3 Å². The third-order valence-electron chi connectivity index (χ3n) is 4.25. The van der Waals surface area contributed by atoms with Crippen LogP contribution in [0.3, 0.4) is 0 Å². The molecule has 0 rings (SSSR count). The van der Waals surface area contributed by atoms with E-state index in [-0.39, 0.29) is 5.91 Å². The van der Waals surface area contributed by atoms with Gasteiger partial charge in [-0.2, -0.15) is 0 Å². The monoisotopic (exact) mass is 342 g/mol. The van der Waals surface area contributed by atoms with Crippen LogP contribution in [0.25, 0.3) is 0 Å². The summed E-state index contributed by atoms with van der Waals surface area (Å²) < 4.78 is 0. The van der Waals surface area contributed by atoms with Gasteiger partial charge in [-0.1, -0.05) is 51.9 Å². The molecule has 5 heteroatoms. The molecule has 2 N–H and O–H groups in total. The van der Waals surface area contributed by atoms with Crippen molar-refractivity contribution in [1.82, 2.24) is 10.2 Å². The number of carbonyl (C=O) groups is 2. The van der Waals surface area contributed by atoms with Crippen LogP contribution < -0.4 is 5.32 Å². The number of aliphatic carboxylic acids is 1. The van der Waals surface area contributed by atoms with Gasteiger partial charge >= 0.3 is 5.97 Å². The summed E-state index contributed by atoms with van der Waals surface area (Å²) in [5, 5.41) is 11.5. The lowest BCUT2D eigenvalue weighted by Gasteiger charge is -2.15. The zero-order valence-corrected chi connectivity index (χ0v) is 15.8. The minimum Gasteiger partial charge on any atom is -0.481 e. The number of hydrogen-bond donors (Lipinski definition) is 2. The summed E-state index contributed by atoms with van der Waals surface area (Å²) in [6.07, 6.45) is 12.1. The number of unbranched alkanes of at least 4 members (excludes halogenated alkanes) is 8. The van der Waals surface area contributed by atoms with Crippen molar-refractivity contribution in [3.05, 3.63) is 0 Å². The second-order valence-electron chi connectivity index (χ2n) is 6.73. The van der Waals surface area contributed by atoms with Crippen molar-refractivity contribution >= 4 is 11.9 Å². The summed E-state index contributed by atoms with van der Waals surface area (Å²) in [6.45, 7) is 4.88. The molecule has 1 amide bonds. The molecule has 0 aromatic rings. The van der Waals surface area contributed by atoms with Crippen LogP contribution in [0, 0.1) is 0 Å². The molecule has 24 heavy (non-hydrogen) atoms. The highest BCUT2D eigenvalue weighted by molar-refractivity contribution is 5.75. The van der Waals surface area contributed by atoms with E-state index < -0.39 is 5.97 Å². The van der Waals surface area contributed by atoms with Crippen LogP contribution in [0.5, 0.6) is 0 Å². The fourth-order valence-corrected chi connectivity index (χ4v) is 2.61. The highest BCUT2D eigenvalue weighted by atomic mass is 16.4. The van der Waals surface area contributed by atoms with E-state index in [2.05, 4.69) is 24.2 Å². The molecule has 142 valence electrons. The highest BCUT2D eigenvalue weighted by Gasteiger charge is 2.03. The molecule has 0 radical (unpaired) electrons. The Balaban J connectivity index is 3.26. The number of rotatable bonds is 17. The Hall–Kier alpha value is -1.10. The lowest BCUT2D eigenvalue weighted by atomic mass is 10.1. The summed E-state index contributed by atoms with van der Waals surface area (Å²) in [5.41, 5.74) is 0. The van der Waals surface area contributed by atoms with Gasteiger partial charge in [0.25, 0.3) is 0 Å². The van der Waals surface area contributed by atoms with E-state index in [1.165, 1.54) is 32.1 Å². The summed E-state index contributed by atoms with van der Waals surface area (Å²) in [4.78, 5) is 24.3. The first-order chi connectivity index (χ1) is 11.6. The van der Waals surface area contributed by atoms with Crippen LogP contribution in [0.1, 0.15) is 84.0 Å². The molecule has 0 fully saturated rings. The molecule has 0 spiro atoms. The topological polar surface area (TPSA) is 69.6 Å². The van der Waals surface area contributed by atoms with Crippen LogP contribution in [-0.2, 0) is 9.59 Å². The summed E-state index contributed by atoms with van der Waals surface area (Å²) in [5.74, 6) is -0.526. The molecule has 0 saturated heterocycles. The molecule has 5 nitrogen and oxygen atoms in total. The van der Waals surface area contributed by atoms with E-state index in [1.807, 2.05) is 0 Å². The molecular weight excluding hydrogens is 304 g/mol. The first-order valence-corrected chi connectivity index (χ1v) is 9.73. The van der Waals surface area contributed by atoms with Crippen molar-refractivity contribution in [2.75, 3.05) is 26.7 Å². The van der Waals surface area contributed by atoms with Crippen molar-refractivity contribution in [3.8, 4) is 0 Å². The van der Waals surface area contributed by atoms with Crippen molar-refractivity contribution in [2.45, 2.75) is 84.0 Å². The zero-order chi connectivity index (χ0) is 18.0. The zero-order valence-electron chi connectivity index (χ0n) is 15.8. The van der Waals surface area contributed by atoms with Gasteiger partial charge in [-0.3, -0.25) is 9.59 Å². The standard InChI is InChI=1S/C19H38N2O3/c1-3-4-16-21(2)17-14-18(22)20-15-12-10-8-6-5-7-9-11-13-19(23)24/h3-17H2,1-2H3,(H,20,22)(H,23,24). The van der Waals surface area contributed by atoms with E-state index in [1.54, 1.807) is 0 Å². The largest absolute Gasteiger partial charge is 0.481 e. The van der Waals surface area contributed by atoms with Gasteiger partial charge in [0.15, 0.2) is 0 Å². The molecule has 0 aromatic carbocycles. The van der Waals surface area contributed by atoms with Crippen molar-refractivity contribution < 1.29 is 14.7 Å². The third-order valence-corrected chi connectivity index (χ3v) is 4.25. The van der Waals surface area contributed by atoms with Crippen molar-refractivity contribution in [1.29, 1.82) is 0 Å². The number of carboxylic acids is 1. The Morgan fingerprint density at radius 2 is 1.42 bits per heavy atom. The van der Waals surface area contributed by atoms with Gasteiger partial charge in [-0.15, -0.1) is 0 Å². The number of carbonyl (C=O) groups excluding carboxylic acids is 1. The quantitative estimate of drug-likeness (QED) is 0.394. The SMILES string of the molecule is CCCCN(C)CCC(=O)NCCCCCCCCCCC(=O)O. The van der Waals surface area contributed by atoms with E-state index >= 15 is 0 Å². The Morgan fingerprint density at radius 3 is 2.00 bits per heavy atom. The van der Waals surface area contributed by atoms with Gasteiger partial charge in [0.05, 0.1) is 0 Å². The minimum atomic E-state index is -0.690. The normalized spacial score (nSPS) is 11.0. The van der Waals surface area contributed by atoms with E-state index in [0.717, 1.165) is 51.7 Å². The summed E-state index contributed by atoms with van der Waals surface area (Å²) in [6, 6.07) is 0. The van der Waals surface area contributed by atoms with Crippen LogP contribution in [-0.4, -0.2) is 48.6 Å². The first-order valence-electron chi connectivity index (χ1n) is 9.73. The van der Waals surface area contributed by atoms with Crippen LogP contribution in [0.4, 0.5) is 0 Å². The Bertz CT molecular complexity index is 322. The molecule has 0 atom stereocenters. The molecule has 0 bridgehead atoms. The first kappa shape index (κ1) is 22.9. The maximum atomic E-state index is 11.7. The van der Waals surface area contributed by atoms with Crippen molar-refractivity contribution in [2.24, 2.45) is 0 Å². The smallest absolute Gasteiger partial charge is 0.303 e. The fraction of sp³-hybridized carbons (Fsp3) is 0.895. The summed E-state index contributed by atoms with van der Waals surface area (Å²) in [7, 11) is 2.07. The molecule has 0 heterocycles. The molecule has 0 aliphatic rings. The van der Waals surface area contributed by atoms with Gasteiger partial charge in [0.1, 0.15) is 0 Å². The predicted octanol–water partition coefficient (Wildman–Crippen LogP) is 3.82. The van der Waals surface area contributed by atoms with Gasteiger partial charge in [0.2, 0.25) is 5.91 Å². The average molecular weight is 343 g/mol. The second kappa shape index (κ2) is 16.7. The molecule has 0 saturated carbocycles. The lowest BCUT2D eigenvalue weighted by Crippen LogP contribution is -2.29. The Labute approximate surface area is 148 Å². The van der Waals surface area contributed by atoms with Crippen molar-refractivity contribution in [3.63, 3.8) is 0 Å². The Kier molecular flexibility index (Phi) is 16.0. The average Bonchev–Trinajstić information content (AvgIpc) is 2.55. The number of nitrogens with zero attached hydrogens (tertiary/aromatic N) is 1. The van der Waals surface area contributed by atoms with E-state index in [4.69, 9.17) is 5.11 Å². The van der Waals surface area contributed by atoms with E-state index in [0.29, 0.717) is 12.8 Å². The maximum Gasteiger partial charge on any atom is 0.303 e. The molecule has 0 aromatic heterocycles. The Morgan fingerprint density at radius 1 is 0.833 bits per heavy atom. The maximum absolute atomic E-state index is 11.7. The molecule has 0 aliphatic heterocycles. The summed E-state index contributed by atoms with van der Waals surface area (Å²) >= 11 is 0. The van der Waals surface area contributed by atoms with E-state index in [9.17, 15) is 9.59 Å². The predicted molar refractivity (Wildman–Crippen MR) is 99.2 cm³/mol. The second-order valence-corrected chi connectivity index (χ2v) is 6.73. The molecule has 0 aliphatic carbocycles. The number of carboxylic acid groups (broad SMARTS) is 1. The van der Waals surface area contributed by atoms with Crippen LogP contribution >= 0.6 is 0 Å². The fourth-order valence-electron chi connectivity index (χ4n) is 2.61. The third kappa shape index (κ3) is 17.3. The van der Waals surface area contributed by atoms with Gasteiger partial charge in [0, 0.05) is 25.9 Å². The number of hydrogen-bond acceptors (Lipinski definition) is 3. The number of amides is 1. The molecule has 0 unspecified atom stereocenters. The number of nitrogens with one attached hydrogen (secondary N) is 1. The van der Waals surface area contributed by atoms with Gasteiger partial charge in [-0.05, 0) is 32.9 Å². The lowest BCUT2D eigenvalue weighted by molar-refractivity contribution is -0.137. The van der Waals surface area contributed by atoms with Crippen LogP contribution in [0.2, 0.25) is 0 Å². The van der Waals surface area contributed by atoms with Gasteiger partial charge in [-0.25, -0.2) is 0 Å². The minimum absolute atomic E-state index is 0.164. The highest BCUT2D eigenvalue weighted by Crippen LogP contribution is 2.09.